The maximum Gasteiger partial charge on any atom is 0.137 e. The molecule has 0 aliphatic heterocycles. The van der Waals surface area contributed by atoms with Gasteiger partial charge in [-0.05, 0) is 117 Å². The van der Waals surface area contributed by atoms with Gasteiger partial charge in [-0.1, -0.05) is 118 Å². The molecule has 0 radical (unpaired) electrons. The summed E-state index contributed by atoms with van der Waals surface area (Å²) in [5, 5.41) is 4.82. The van der Waals surface area contributed by atoms with Crippen molar-refractivity contribution < 1.29 is 4.42 Å². The molecule has 7 aromatic carbocycles. The summed E-state index contributed by atoms with van der Waals surface area (Å²) in [6.45, 7) is 4.86. The molecular formula is C51H39NO. The molecule has 3 aliphatic rings. The molecule has 1 saturated carbocycles. The highest BCUT2D eigenvalue weighted by atomic mass is 16.3. The summed E-state index contributed by atoms with van der Waals surface area (Å²) in [6, 6.07) is 52.5. The highest BCUT2D eigenvalue weighted by Crippen LogP contribution is 2.60. The van der Waals surface area contributed by atoms with E-state index in [1.54, 1.807) is 11.1 Å². The molecule has 3 aliphatic carbocycles. The maximum absolute atomic E-state index is 6.36. The minimum Gasteiger partial charge on any atom is -0.456 e. The average Bonchev–Trinajstić information content (AvgIpc) is 3.88. The second-order valence-corrected chi connectivity index (χ2v) is 16.4. The number of hydrogen-bond donors (Lipinski definition) is 0. The van der Waals surface area contributed by atoms with Gasteiger partial charge in [0, 0.05) is 44.1 Å². The zero-order valence-corrected chi connectivity index (χ0v) is 30.2. The molecule has 254 valence electrons. The fraction of sp³-hybridized carbons (Fsp3) is 0.176. The largest absolute Gasteiger partial charge is 0.456 e. The van der Waals surface area contributed by atoms with Crippen LogP contribution in [0, 0.1) is 0 Å². The number of fused-ring (bicyclic) bond motifs is 14. The predicted molar refractivity (Wildman–Crippen MR) is 220 cm³/mol. The molecule has 9 aromatic rings. The topological polar surface area (TPSA) is 18.1 Å². The number of para-hydroxylation sites is 2. The van der Waals surface area contributed by atoms with E-state index in [1.165, 1.54) is 98.4 Å². The number of benzene rings is 7. The molecule has 0 unspecified atom stereocenters. The molecule has 12 rings (SSSR count). The highest BCUT2D eigenvalue weighted by Gasteiger charge is 2.46. The molecule has 2 heterocycles. The van der Waals surface area contributed by atoms with Crippen LogP contribution in [0.3, 0.4) is 0 Å². The first-order chi connectivity index (χ1) is 26.0. The molecule has 1 spiro atoms. The Bertz CT molecular complexity index is 3020. The standard InChI is InChI=1S/C51H39NO/c1-50(2)43-26-31(18-21-35(43)40-30-45-41(29-44(40)50)34-12-4-7-15-42(34)51(45)24-10-3-11-25-51)32-19-22-37-36-13-5-8-16-46(36)52(47(37)27-32)33-20-23-39-38-14-6-9-17-48(38)53-49(39)28-33/h4-9,12-23,26-30H,3,10-11,24-25H2,1-2H3. The molecule has 2 heteroatoms. The summed E-state index contributed by atoms with van der Waals surface area (Å²) >= 11 is 0. The van der Waals surface area contributed by atoms with Crippen molar-refractivity contribution in [2.24, 2.45) is 0 Å². The second kappa shape index (κ2) is 10.4. The zero-order valence-electron chi connectivity index (χ0n) is 30.2. The first-order valence-corrected chi connectivity index (χ1v) is 19.4. The van der Waals surface area contributed by atoms with Crippen LogP contribution in [0.15, 0.2) is 144 Å². The lowest BCUT2D eigenvalue weighted by Crippen LogP contribution is -2.28. The number of hydrogen-bond acceptors (Lipinski definition) is 1. The van der Waals surface area contributed by atoms with Gasteiger partial charge in [0.2, 0.25) is 0 Å². The maximum atomic E-state index is 6.36. The Morgan fingerprint density at radius 2 is 1.09 bits per heavy atom. The number of furan rings is 1. The van der Waals surface area contributed by atoms with Gasteiger partial charge in [-0.2, -0.15) is 0 Å². The quantitative estimate of drug-likeness (QED) is 0.178. The molecule has 53 heavy (non-hydrogen) atoms. The summed E-state index contributed by atoms with van der Waals surface area (Å²) in [7, 11) is 0. The van der Waals surface area contributed by atoms with Crippen LogP contribution in [0.2, 0.25) is 0 Å². The minimum absolute atomic E-state index is 0.103. The Morgan fingerprint density at radius 3 is 2.00 bits per heavy atom. The summed E-state index contributed by atoms with van der Waals surface area (Å²) in [6.07, 6.45) is 6.50. The summed E-state index contributed by atoms with van der Waals surface area (Å²) in [5.74, 6) is 0. The van der Waals surface area contributed by atoms with Crippen molar-refractivity contribution in [3.63, 3.8) is 0 Å². The van der Waals surface area contributed by atoms with Crippen LogP contribution in [0.25, 0.3) is 82.8 Å². The van der Waals surface area contributed by atoms with Crippen LogP contribution >= 0.6 is 0 Å². The van der Waals surface area contributed by atoms with Crippen molar-refractivity contribution in [2.75, 3.05) is 0 Å². The van der Waals surface area contributed by atoms with Crippen molar-refractivity contribution in [3.8, 4) is 39.1 Å². The monoisotopic (exact) mass is 681 g/mol. The van der Waals surface area contributed by atoms with Gasteiger partial charge in [0.1, 0.15) is 11.2 Å². The molecule has 0 atom stereocenters. The Kier molecular flexibility index (Phi) is 5.82. The lowest BCUT2D eigenvalue weighted by Gasteiger charge is -2.36. The van der Waals surface area contributed by atoms with E-state index in [2.05, 4.69) is 152 Å². The van der Waals surface area contributed by atoms with Crippen LogP contribution in [0.4, 0.5) is 0 Å². The van der Waals surface area contributed by atoms with Crippen molar-refractivity contribution in [3.05, 3.63) is 162 Å². The molecule has 0 amide bonds. The van der Waals surface area contributed by atoms with Gasteiger partial charge in [-0.15, -0.1) is 0 Å². The van der Waals surface area contributed by atoms with Gasteiger partial charge in [0.15, 0.2) is 0 Å². The zero-order chi connectivity index (χ0) is 35.1. The van der Waals surface area contributed by atoms with Crippen LogP contribution < -0.4 is 0 Å². The van der Waals surface area contributed by atoms with Crippen LogP contribution in [0.1, 0.15) is 68.2 Å². The van der Waals surface area contributed by atoms with Crippen LogP contribution in [-0.4, -0.2) is 4.57 Å². The van der Waals surface area contributed by atoms with Gasteiger partial charge >= 0.3 is 0 Å². The smallest absolute Gasteiger partial charge is 0.137 e. The Labute approximate surface area is 309 Å². The van der Waals surface area contributed by atoms with Crippen LogP contribution in [-0.2, 0) is 10.8 Å². The van der Waals surface area contributed by atoms with Gasteiger partial charge in [0.25, 0.3) is 0 Å². The summed E-state index contributed by atoms with van der Waals surface area (Å²) < 4.78 is 8.77. The number of aromatic nitrogens is 1. The molecular weight excluding hydrogens is 643 g/mol. The normalized spacial score (nSPS) is 16.4. The highest BCUT2D eigenvalue weighted by molar-refractivity contribution is 6.11. The minimum atomic E-state index is -0.103. The van der Waals surface area contributed by atoms with Gasteiger partial charge in [-0.25, -0.2) is 0 Å². The average molecular weight is 682 g/mol. The van der Waals surface area contributed by atoms with E-state index in [4.69, 9.17) is 4.42 Å². The van der Waals surface area contributed by atoms with Crippen molar-refractivity contribution in [1.29, 1.82) is 0 Å². The number of nitrogens with zero attached hydrogens (tertiary/aromatic N) is 1. The Hall–Kier alpha value is -5.86. The van der Waals surface area contributed by atoms with Gasteiger partial charge in [-0.3, -0.25) is 0 Å². The van der Waals surface area contributed by atoms with Crippen molar-refractivity contribution in [2.45, 2.75) is 56.8 Å². The van der Waals surface area contributed by atoms with E-state index < -0.39 is 0 Å². The lowest BCUT2D eigenvalue weighted by molar-refractivity contribution is 0.353. The molecule has 2 aromatic heterocycles. The fourth-order valence-corrected chi connectivity index (χ4v) is 10.8. The predicted octanol–water partition coefficient (Wildman–Crippen LogP) is 13.9. The van der Waals surface area contributed by atoms with Crippen molar-refractivity contribution >= 4 is 43.7 Å². The Morgan fingerprint density at radius 1 is 0.453 bits per heavy atom. The fourth-order valence-electron chi connectivity index (χ4n) is 10.8. The summed E-state index contributed by atoms with van der Waals surface area (Å²) in [5.41, 5.74) is 19.7. The lowest BCUT2D eigenvalue weighted by atomic mass is 9.67. The van der Waals surface area contributed by atoms with Crippen LogP contribution in [0.5, 0.6) is 0 Å². The third-order valence-electron chi connectivity index (χ3n) is 13.4. The molecule has 1 fully saturated rings. The second-order valence-electron chi connectivity index (χ2n) is 16.4. The molecule has 0 saturated heterocycles. The molecule has 0 bridgehead atoms. The molecule has 0 N–H and O–H groups in total. The third-order valence-corrected chi connectivity index (χ3v) is 13.4. The van der Waals surface area contributed by atoms with Crippen molar-refractivity contribution in [1.82, 2.24) is 4.57 Å². The van der Waals surface area contributed by atoms with Gasteiger partial charge in [0.05, 0.1) is 11.0 Å². The van der Waals surface area contributed by atoms with Gasteiger partial charge < -0.3 is 8.98 Å². The molecule has 2 nitrogen and oxygen atoms in total. The first kappa shape index (κ1) is 29.7. The van der Waals surface area contributed by atoms with E-state index in [1.807, 2.05) is 6.07 Å². The van der Waals surface area contributed by atoms with E-state index in [0.717, 1.165) is 27.6 Å². The van der Waals surface area contributed by atoms with E-state index in [-0.39, 0.29) is 10.8 Å². The van der Waals surface area contributed by atoms with E-state index in [0.29, 0.717) is 0 Å². The van der Waals surface area contributed by atoms with E-state index in [9.17, 15) is 0 Å². The first-order valence-electron chi connectivity index (χ1n) is 19.4. The SMILES string of the molecule is CC1(C)c2cc(-c3ccc4c5ccccc5n(-c5ccc6c(c5)oc5ccccc56)c4c3)ccc2-c2cc3c(cc21)-c1ccccc1C31CCCCC1. The third kappa shape index (κ3) is 3.88. The summed E-state index contributed by atoms with van der Waals surface area (Å²) in [4.78, 5) is 0. The Balaban J connectivity index is 1.01. The van der Waals surface area contributed by atoms with E-state index >= 15 is 0 Å². The number of rotatable bonds is 2.